The molecular weight excluding hydrogens is 576 g/mol. The number of aromatic nitrogens is 1. The number of aryl methyl sites for hydroxylation is 1. The fourth-order valence-corrected chi connectivity index (χ4v) is 7.83. The molecule has 2 aromatic rings. The normalized spacial score (nSPS) is 15.5. The molecule has 0 atom stereocenters. The summed E-state index contributed by atoms with van der Waals surface area (Å²) in [6.07, 6.45) is 7.69. The third kappa shape index (κ3) is 10.2. The van der Waals surface area contributed by atoms with Gasteiger partial charge in [-0.05, 0) is 92.7 Å². The van der Waals surface area contributed by atoms with E-state index < -0.39 is 21.7 Å². The van der Waals surface area contributed by atoms with Crippen molar-refractivity contribution < 1.29 is 27.5 Å². The number of benzene rings is 1. The first kappa shape index (κ1) is 33.8. The SMILES string of the molecule is CC(C)OC(=O)Nc1ccc(-c2cnc(CCCC3(NC(=O)OC(C)C)CCCCC3)s2)c(S(=O)(=O)NC(C)(C)C)c1. The third-order valence-electron chi connectivity index (χ3n) is 6.69. The van der Waals surface area contributed by atoms with Crippen LogP contribution < -0.4 is 15.4 Å². The van der Waals surface area contributed by atoms with Crippen molar-refractivity contribution in [3.8, 4) is 10.4 Å². The average Bonchev–Trinajstić information content (AvgIpc) is 3.30. The number of carbonyl (C=O) groups excluding carboxylic acids is 2. The van der Waals surface area contributed by atoms with Gasteiger partial charge in [-0.1, -0.05) is 25.3 Å². The topological polar surface area (TPSA) is 136 Å². The lowest BCUT2D eigenvalue weighted by Gasteiger charge is -2.38. The van der Waals surface area contributed by atoms with Gasteiger partial charge in [0.25, 0.3) is 0 Å². The van der Waals surface area contributed by atoms with E-state index in [1.54, 1.807) is 52.9 Å². The summed E-state index contributed by atoms with van der Waals surface area (Å²) in [5.74, 6) is 0. The molecule has 1 aliphatic carbocycles. The van der Waals surface area contributed by atoms with Crippen LogP contribution in [0.25, 0.3) is 10.4 Å². The van der Waals surface area contributed by atoms with E-state index in [9.17, 15) is 18.0 Å². The van der Waals surface area contributed by atoms with E-state index in [2.05, 4.69) is 20.3 Å². The molecule has 2 amide bonds. The van der Waals surface area contributed by atoms with Gasteiger partial charge in [0, 0.05) is 28.5 Å². The first-order valence-electron chi connectivity index (χ1n) is 14.7. The molecule has 1 saturated carbocycles. The highest BCUT2D eigenvalue weighted by molar-refractivity contribution is 7.89. The Hall–Kier alpha value is -2.70. The van der Waals surface area contributed by atoms with Gasteiger partial charge in [-0.3, -0.25) is 5.32 Å². The maximum atomic E-state index is 13.5. The molecule has 1 aliphatic rings. The molecular formula is C30H46N4O6S2. The Bertz CT molecular complexity index is 1330. The van der Waals surface area contributed by atoms with Crippen LogP contribution in [0.15, 0.2) is 29.3 Å². The number of ether oxygens (including phenoxy) is 2. The molecule has 1 heterocycles. The largest absolute Gasteiger partial charge is 0.447 e. The number of anilines is 1. The van der Waals surface area contributed by atoms with Gasteiger partial charge in [0.2, 0.25) is 10.0 Å². The van der Waals surface area contributed by atoms with Crippen molar-refractivity contribution >= 4 is 39.2 Å². The molecule has 1 aromatic carbocycles. The second kappa shape index (κ2) is 14.2. The van der Waals surface area contributed by atoms with Crippen LogP contribution in [0, 0.1) is 0 Å². The van der Waals surface area contributed by atoms with Crippen molar-refractivity contribution in [1.82, 2.24) is 15.0 Å². The van der Waals surface area contributed by atoms with E-state index in [-0.39, 0.29) is 28.7 Å². The van der Waals surface area contributed by atoms with E-state index in [1.807, 2.05) is 13.8 Å². The molecule has 0 bridgehead atoms. The Kier molecular flexibility index (Phi) is 11.4. The summed E-state index contributed by atoms with van der Waals surface area (Å²) >= 11 is 1.44. The number of thiazole rings is 1. The van der Waals surface area contributed by atoms with Crippen LogP contribution in [0.3, 0.4) is 0 Å². The standard InChI is InChI=1S/C30H46N4O6S2/c1-20(2)39-27(35)32-22-13-14-23(25(18-22)42(37,38)34-29(5,6)7)24-19-31-26(41-24)12-11-17-30(15-9-8-10-16-30)33-28(36)40-21(3)4/h13-14,18-21,34H,8-12,15-17H2,1-7H3,(H,32,35)(H,33,36). The van der Waals surface area contributed by atoms with Crippen molar-refractivity contribution in [3.05, 3.63) is 29.4 Å². The summed E-state index contributed by atoms with van der Waals surface area (Å²) in [6, 6.07) is 4.78. The van der Waals surface area contributed by atoms with Crippen LogP contribution in [0.1, 0.15) is 98.4 Å². The number of hydrogen-bond acceptors (Lipinski definition) is 8. The minimum Gasteiger partial charge on any atom is -0.447 e. The molecule has 10 nitrogen and oxygen atoms in total. The fraction of sp³-hybridized carbons (Fsp3) is 0.633. The van der Waals surface area contributed by atoms with E-state index in [1.165, 1.54) is 23.8 Å². The second-order valence-electron chi connectivity index (χ2n) is 12.5. The zero-order valence-corrected chi connectivity index (χ0v) is 27.5. The predicted octanol–water partition coefficient (Wildman–Crippen LogP) is 7.00. The Morgan fingerprint density at radius 1 is 1.02 bits per heavy atom. The number of nitrogens with one attached hydrogen (secondary N) is 3. The minimum absolute atomic E-state index is 0.0454. The summed E-state index contributed by atoms with van der Waals surface area (Å²) in [5, 5.41) is 6.66. The Labute approximate surface area is 254 Å². The van der Waals surface area contributed by atoms with Gasteiger partial charge >= 0.3 is 12.2 Å². The molecule has 12 heteroatoms. The molecule has 0 radical (unpaired) electrons. The number of hydrogen-bond donors (Lipinski definition) is 3. The second-order valence-corrected chi connectivity index (χ2v) is 15.3. The van der Waals surface area contributed by atoms with E-state index in [0.29, 0.717) is 22.5 Å². The maximum Gasteiger partial charge on any atom is 0.411 e. The first-order valence-corrected chi connectivity index (χ1v) is 17.0. The fourth-order valence-electron chi connectivity index (χ4n) is 5.10. The Morgan fingerprint density at radius 2 is 1.67 bits per heavy atom. The molecule has 3 N–H and O–H groups in total. The van der Waals surface area contributed by atoms with Crippen LogP contribution in [-0.2, 0) is 25.9 Å². The van der Waals surface area contributed by atoms with E-state index in [4.69, 9.17) is 9.47 Å². The highest BCUT2D eigenvalue weighted by atomic mass is 32.2. The number of carbonyl (C=O) groups is 2. The summed E-state index contributed by atoms with van der Waals surface area (Å²) in [6.45, 7) is 12.5. The first-order chi connectivity index (χ1) is 19.6. The van der Waals surface area contributed by atoms with E-state index in [0.717, 1.165) is 43.5 Å². The molecule has 1 aromatic heterocycles. The van der Waals surface area contributed by atoms with Crippen molar-refractivity contribution in [3.63, 3.8) is 0 Å². The van der Waals surface area contributed by atoms with Crippen LogP contribution >= 0.6 is 11.3 Å². The molecule has 234 valence electrons. The number of amides is 2. The molecule has 3 rings (SSSR count). The zero-order chi connectivity index (χ0) is 31.1. The highest BCUT2D eigenvalue weighted by Crippen LogP contribution is 2.36. The van der Waals surface area contributed by atoms with Gasteiger partial charge in [0.05, 0.1) is 27.0 Å². The third-order valence-corrected chi connectivity index (χ3v) is 9.57. The van der Waals surface area contributed by atoms with Crippen molar-refractivity contribution in [1.29, 1.82) is 0 Å². The van der Waals surface area contributed by atoms with Gasteiger partial charge < -0.3 is 14.8 Å². The lowest BCUT2D eigenvalue weighted by Crippen LogP contribution is -2.50. The molecule has 0 spiro atoms. The Morgan fingerprint density at radius 3 is 2.29 bits per heavy atom. The molecule has 0 saturated heterocycles. The average molecular weight is 623 g/mol. The molecule has 0 aliphatic heterocycles. The van der Waals surface area contributed by atoms with E-state index >= 15 is 0 Å². The van der Waals surface area contributed by atoms with Crippen molar-refractivity contribution in [2.45, 2.75) is 128 Å². The quantitative estimate of drug-likeness (QED) is 0.245. The number of alkyl carbamates (subject to hydrolysis) is 1. The van der Waals surface area contributed by atoms with Gasteiger partial charge in [-0.25, -0.2) is 27.7 Å². The number of sulfonamides is 1. The minimum atomic E-state index is -3.94. The molecule has 0 unspecified atom stereocenters. The van der Waals surface area contributed by atoms with Crippen LogP contribution in [0.4, 0.5) is 15.3 Å². The van der Waals surface area contributed by atoms with Crippen LogP contribution in [0.2, 0.25) is 0 Å². The zero-order valence-electron chi connectivity index (χ0n) is 25.8. The highest BCUT2D eigenvalue weighted by Gasteiger charge is 2.34. The van der Waals surface area contributed by atoms with Gasteiger partial charge in [0.15, 0.2) is 0 Å². The maximum absolute atomic E-state index is 13.5. The van der Waals surface area contributed by atoms with Gasteiger partial charge in [-0.2, -0.15) is 0 Å². The molecule has 42 heavy (non-hydrogen) atoms. The summed E-state index contributed by atoms with van der Waals surface area (Å²) in [7, 11) is -3.94. The Balaban J connectivity index is 1.80. The summed E-state index contributed by atoms with van der Waals surface area (Å²) in [5.41, 5.74) is -0.173. The number of nitrogens with zero attached hydrogens (tertiary/aromatic N) is 1. The lowest BCUT2D eigenvalue weighted by molar-refractivity contribution is 0.0950. The number of rotatable bonds is 11. The van der Waals surface area contributed by atoms with Crippen LogP contribution in [-0.4, -0.2) is 48.9 Å². The summed E-state index contributed by atoms with van der Waals surface area (Å²) in [4.78, 5) is 30.0. The molecule has 1 fully saturated rings. The van der Waals surface area contributed by atoms with Crippen molar-refractivity contribution in [2.75, 3.05) is 5.32 Å². The van der Waals surface area contributed by atoms with Crippen molar-refractivity contribution in [2.24, 2.45) is 0 Å². The predicted molar refractivity (Wildman–Crippen MR) is 166 cm³/mol. The monoisotopic (exact) mass is 622 g/mol. The lowest BCUT2D eigenvalue weighted by atomic mass is 9.78. The van der Waals surface area contributed by atoms with Crippen LogP contribution in [0.5, 0.6) is 0 Å². The summed E-state index contributed by atoms with van der Waals surface area (Å²) < 4.78 is 40.2. The van der Waals surface area contributed by atoms with Gasteiger partial charge in [-0.15, -0.1) is 11.3 Å². The smallest absolute Gasteiger partial charge is 0.411 e. The van der Waals surface area contributed by atoms with Gasteiger partial charge in [0.1, 0.15) is 0 Å².